The summed E-state index contributed by atoms with van der Waals surface area (Å²) in [5.41, 5.74) is 0.911. The van der Waals surface area contributed by atoms with E-state index in [4.69, 9.17) is 4.42 Å². The number of nitrogens with one attached hydrogen (secondary N) is 2. The smallest absolute Gasteiger partial charge is 0.320 e. The van der Waals surface area contributed by atoms with E-state index in [0.717, 1.165) is 16.7 Å². The van der Waals surface area contributed by atoms with Gasteiger partial charge in [0.05, 0.1) is 6.54 Å². The first kappa shape index (κ1) is 14.0. The number of hydrogen-bond donors (Lipinski definition) is 2. The Morgan fingerprint density at radius 1 is 1.21 bits per heavy atom. The first-order chi connectivity index (χ1) is 9.13. The third-order valence-electron chi connectivity index (χ3n) is 2.39. The summed E-state index contributed by atoms with van der Waals surface area (Å²) in [6.07, 6.45) is 0. The average molecular weight is 325 g/mol. The minimum absolute atomic E-state index is 0.406. The van der Waals surface area contributed by atoms with Crippen molar-refractivity contribution in [3.05, 3.63) is 34.6 Å². The van der Waals surface area contributed by atoms with E-state index in [1.807, 2.05) is 24.3 Å². The molecule has 0 amide bonds. The van der Waals surface area contributed by atoms with Crippen LogP contribution in [0.3, 0.4) is 0 Å². The summed E-state index contributed by atoms with van der Waals surface area (Å²) in [6.45, 7) is 5.83. The van der Waals surface area contributed by atoms with Crippen LogP contribution in [-0.4, -0.2) is 16.7 Å². The summed E-state index contributed by atoms with van der Waals surface area (Å²) < 4.78 is 6.52. The first-order valence-electron chi connectivity index (χ1n) is 6.19. The molecule has 1 aromatic heterocycles. The molecule has 19 heavy (non-hydrogen) atoms. The van der Waals surface area contributed by atoms with Crippen LogP contribution in [0.15, 0.2) is 33.2 Å². The normalized spacial score (nSPS) is 10.9. The highest BCUT2D eigenvalue weighted by Gasteiger charge is 2.06. The lowest BCUT2D eigenvalue weighted by Crippen LogP contribution is -2.19. The Balaban J connectivity index is 1.88. The van der Waals surface area contributed by atoms with Crippen LogP contribution in [0.1, 0.15) is 19.7 Å². The van der Waals surface area contributed by atoms with Crippen molar-refractivity contribution >= 4 is 27.6 Å². The molecule has 0 saturated heterocycles. The maximum Gasteiger partial charge on any atom is 0.320 e. The largest absolute Gasteiger partial charge is 0.406 e. The third-order valence-corrected chi connectivity index (χ3v) is 2.92. The number of rotatable bonds is 6. The van der Waals surface area contributed by atoms with Crippen molar-refractivity contribution in [3.63, 3.8) is 0 Å². The average Bonchev–Trinajstić information content (AvgIpc) is 2.79. The van der Waals surface area contributed by atoms with Crippen LogP contribution < -0.4 is 10.6 Å². The zero-order valence-electron chi connectivity index (χ0n) is 11.0. The summed E-state index contributed by atoms with van der Waals surface area (Å²) in [5, 5.41) is 14.2. The summed E-state index contributed by atoms with van der Waals surface area (Å²) in [5.74, 6) is 1.18. The zero-order valence-corrected chi connectivity index (χ0v) is 12.6. The zero-order chi connectivity index (χ0) is 13.7. The molecular formula is C13H17BrN4O. The molecule has 102 valence electrons. The minimum Gasteiger partial charge on any atom is -0.406 e. The van der Waals surface area contributed by atoms with Crippen LogP contribution >= 0.6 is 15.9 Å². The second-order valence-electron chi connectivity index (χ2n) is 4.66. The highest BCUT2D eigenvalue weighted by atomic mass is 79.9. The van der Waals surface area contributed by atoms with Gasteiger partial charge in [-0.15, -0.1) is 5.10 Å². The van der Waals surface area contributed by atoms with Crippen LogP contribution in [0.5, 0.6) is 0 Å². The van der Waals surface area contributed by atoms with Crippen molar-refractivity contribution in [2.75, 3.05) is 11.9 Å². The van der Waals surface area contributed by atoms with E-state index < -0.39 is 0 Å². The molecule has 0 unspecified atom stereocenters. The number of nitrogens with zero attached hydrogens (tertiary/aromatic N) is 2. The second-order valence-corrected chi connectivity index (χ2v) is 5.57. The molecule has 2 aromatic rings. The Morgan fingerprint density at radius 2 is 1.95 bits per heavy atom. The molecule has 0 spiro atoms. The molecule has 0 radical (unpaired) electrons. The van der Waals surface area contributed by atoms with E-state index in [2.05, 4.69) is 50.6 Å². The lowest BCUT2D eigenvalue weighted by atomic mass is 10.2. The van der Waals surface area contributed by atoms with Gasteiger partial charge in [-0.25, -0.2) is 0 Å². The molecule has 2 rings (SSSR count). The number of anilines is 2. The first-order valence-corrected chi connectivity index (χ1v) is 6.98. The second kappa shape index (κ2) is 6.68. The lowest BCUT2D eigenvalue weighted by molar-refractivity contribution is 0.460. The van der Waals surface area contributed by atoms with E-state index in [1.165, 1.54) is 0 Å². The number of halogens is 1. The molecule has 1 heterocycles. The van der Waals surface area contributed by atoms with Crippen molar-refractivity contribution in [2.45, 2.75) is 20.4 Å². The van der Waals surface area contributed by atoms with Crippen LogP contribution in [0.2, 0.25) is 0 Å². The van der Waals surface area contributed by atoms with Gasteiger partial charge in [0.15, 0.2) is 0 Å². The van der Waals surface area contributed by atoms with Crippen molar-refractivity contribution in [2.24, 2.45) is 5.92 Å². The Morgan fingerprint density at radius 3 is 2.63 bits per heavy atom. The number of hydrogen-bond acceptors (Lipinski definition) is 5. The van der Waals surface area contributed by atoms with E-state index in [1.54, 1.807) is 0 Å². The predicted octanol–water partition coefficient (Wildman–Crippen LogP) is 3.32. The highest BCUT2D eigenvalue weighted by Crippen LogP contribution is 2.18. The van der Waals surface area contributed by atoms with Gasteiger partial charge in [-0.2, -0.15) is 0 Å². The third kappa shape index (κ3) is 4.65. The Kier molecular flexibility index (Phi) is 4.93. The summed E-state index contributed by atoms with van der Waals surface area (Å²) >= 11 is 3.39. The minimum atomic E-state index is 0.406. The Hall–Kier alpha value is -1.40. The van der Waals surface area contributed by atoms with Crippen molar-refractivity contribution in [1.82, 2.24) is 15.5 Å². The molecular weight excluding hydrogens is 308 g/mol. The van der Waals surface area contributed by atoms with E-state index >= 15 is 0 Å². The highest BCUT2D eigenvalue weighted by molar-refractivity contribution is 9.10. The summed E-state index contributed by atoms with van der Waals surface area (Å²) in [4.78, 5) is 0. The van der Waals surface area contributed by atoms with E-state index in [9.17, 15) is 0 Å². The molecule has 0 fully saturated rings. The lowest BCUT2D eigenvalue weighted by Gasteiger charge is -2.04. The fourth-order valence-electron chi connectivity index (χ4n) is 1.50. The van der Waals surface area contributed by atoms with Crippen LogP contribution in [-0.2, 0) is 6.54 Å². The molecule has 5 nitrogen and oxygen atoms in total. The molecule has 0 bridgehead atoms. The van der Waals surface area contributed by atoms with Crippen molar-refractivity contribution in [1.29, 1.82) is 0 Å². The standard InChI is InChI=1S/C13H17BrN4O/c1-9(2)7-15-8-12-17-18-13(19-12)16-11-5-3-10(14)4-6-11/h3-6,9,15H,7-8H2,1-2H3,(H,16,18). The van der Waals surface area contributed by atoms with Gasteiger partial charge in [-0.3, -0.25) is 0 Å². The van der Waals surface area contributed by atoms with Crippen LogP contribution in [0, 0.1) is 5.92 Å². The predicted molar refractivity (Wildman–Crippen MR) is 78.3 cm³/mol. The van der Waals surface area contributed by atoms with Gasteiger partial charge >= 0.3 is 6.01 Å². The molecule has 0 saturated carbocycles. The molecule has 2 N–H and O–H groups in total. The van der Waals surface area contributed by atoms with Crippen LogP contribution in [0.4, 0.5) is 11.7 Å². The fraction of sp³-hybridized carbons (Fsp3) is 0.385. The quantitative estimate of drug-likeness (QED) is 0.853. The van der Waals surface area contributed by atoms with E-state index in [0.29, 0.717) is 24.4 Å². The fourth-order valence-corrected chi connectivity index (χ4v) is 1.76. The molecule has 6 heteroatoms. The van der Waals surface area contributed by atoms with Gasteiger partial charge < -0.3 is 15.1 Å². The maximum atomic E-state index is 5.49. The van der Waals surface area contributed by atoms with Crippen molar-refractivity contribution in [3.8, 4) is 0 Å². The topological polar surface area (TPSA) is 63.0 Å². The van der Waals surface area contributed by atoms with Gasteiger partial charge in [0.1, 0.15) is 0 Å². The molecule has 0 aliphatic rings. The molecule has 1 aromatic carbocycles. The molecule has 0 aliphatic carbocycles. The maximum absolute atomic E-state index is 5.49. The Bertz CT molecular complexity index is 510. The van der Waals surface area contributed by atoms with Gasteiger partial charge in [0.2, 0.25) is 5.89 Å². The number of benzene rings is 1. The van der Waals surface area contributed by atoms with Gasteiger partial charge in [0, 0.05) is 10.2 Å². The molecule has 0 atom stereocenters. The Labute approximate surface area is 120 Å². The van der Waals surface area contributed by atoms with Crippen molar-refractivity contribution < 1.29 is 4.42 Å². The molecule has 0 aliphatic heterocycles. The van der Waals surface area contributed by atoms with Crippen LogP contribution in [0.25, 0.3) is 0 Å². The summed E-state index contributed by atoms with van der Waals surface area (Å²) in [6, 6.07) is 8.17. The van der Waals surface area contributed by atoms with Gasteiger partial charge in [-0.05, 0) is 36.7 Å². The summed E-state index contributed by atoms with van der Waals surface area (Å²) in [7, 11) is 0. The number of aromatic nitrogens is 2. The monoisotopic (exact) mass is 324 g/mol. The van der Waals surface area contributed by atoms with Gasteiger partial charge in [-0.1, -0.05) is 34.9 Å². The van der Waals surface area contributed by atoms with Gasteiger partial charge in [0.25, 0.3) is 0 Å². The van der Waals surface area contributed by atoms with E-state index in [-0.39, 0.29) is 0 Å². The SMILES string of the molecule is CC(C)CNCc1nnc(Nc2ccc(Br)cc2)o1.